The number of ether oxygens (including phenoxy) is 1. The monoisotopic (exact) mass is 476 g/mol. The van der Waals surface area contributed by atoms with Crippen LogP contribution >= 0.6 is 0 Å². The summed E-state index contributed by atoms with van der Waals surface area (Å²) in [5.74, 6) is -1.74. The van der Waals surface area contributed by atoms with Gasteiger partial charge in [-0.05, 0) is 12.1 Å². The maximum Gasteiger partial charge on any atom is 0.414 e. The number of pyridine rings is 1. The highest BCUT2D eigenvalue weighted by Gasteiger charge is 2.34. The Hall–Kier alpha value is -4.00. The zero-order valence-corrected chi connectivity index (χ0v) is 17.9. The number of anilines is 3. The molecule has 2 aromatic rings. The van der Waals surface area contributed by atoms with Gasteiger partial charge in [0.25, 0.3) is 0 Å². The van der Waals surface area contributed by atoms with Crippen LogP contribution in [0.2, 0.25) is 0 Å². The molecule has 180 valence electrons. The first kappa shape index (κ1) is 23.2. The van der Waals surface area contributed by atoms with E-state index in [0.29, 0.717) is 12.1 Å². The molecule has 1 aromatic heterocycles. The smallest absolute Gasteiger partial charge is 0.414 e. The second-order valence-electron chi connectivity index (χ2n) is 7.49. The van der Waals surface area contributed by atoms with E-state index in [4.69, 9.17) is 9.57 Å². The first-order chi connectivity index (χ1) is 16.5. The lowest BCUT2D eigenvalue weighted by Crippen LogP contribution is -2.37. The van der Waals surface area contributed by atoms with E-state index in [0.717, 1.165) is 22.1 Å². The van der Waals surface area contributed by atoms with Crippen LogP contribution in [0.5, 0.6) is 0 Å². The van der Waals surface area contributed by atoms with Crippen molar-refractivity contribution in [1.82, 2.24) is 15.4 Å². The summed E-state index contributed by atoms with van der Waals surface area (Å²) in [4.78, 5) is 46.9. The van der Waals surface area contributed by atoms with Gasteiger partial charge < -0.3 is 20.3 Å². The summed E-state index contributed by atoms with van der Waals surface area (Å²) >= 11 is 0. The molecule has 2 fully saturated rings. The normalized spacial score (nSPS) is 18.4. The van der Waals surface area contributed by atoms with Crippen LogP contribution in [-0.4, -0.2) is 74.0 Å². The van der Waals surface area contributed by atoms with Gasteiger partial charge in [-0.3, -0.25) is 19.5 Å². The lowest BCUT2D eigenvalue weighted by atomic mass is 10.2. The first-order valence-electron chi connectivity index (χ1n) is 10.5. The Morgan fingerprint density at radius 2 is 2.03 bits per heavy atom. The molecule has 4 rings (SSSR count). The molecule has 1 atom stereocenters. The molecule has 34 heavy (non-hydrogen) atoms. The molecule has 0 unspecified atom stereocenters. The SMILES string of the molecule is O=CNC[C@H]1CN(c2cc(F)c(N3CCON(C(=O)Nc4cccnc4)CC3)c(F)c2)C(=O)O1. The van der Waals surface area contributed by atoms with Crippen LogP contribution in [0.3, 0.4) is 0 Å². The molecule has 3 heterocycles. The van der Waals surface area contributed by atoms with Crippen LogP contribution in [-0.2, 0) is 14.4 Å². The summed E-state index contributed by atoms with van der Waals surface area (Å²) in [7, 11) is 0. The molecule has 13 heteroatoms. The number of aromatic nitrogens is 1. The minimum atomic E-state index is -0.870. The zero-order chi connectivity index (χ0) is 24.1. The van der Waals surface area contributed by atoms with Gasteiger partial charge in [-0.25, -0.2) is 23.4 Å². The third-order valence-corrected chi connectivity index (χ3v) is 5.25. The number of carbonyl (C=O) groups is 3. The van der Waals surface area contributed by atoms with E-state index in [1.165, 1.54) is 11.1 Å². The van der Waals surface area contributed by atoms with Gasteiger partial charge >= 0.3 is 12.1 Å². The number of hydrogen-bond acceptors (Lipinski definition) is 7. The molecule has 0 aliphatic carbocycles. The van der Waals surface area contributed by atoms with Crippen molar-refractivity contribution >= 4 is 35.6 Å². The van der Waals surface area contributed by atoms with Gasteiger partial charge in [0.15, 0.2) is 11.6 Å². The van der Waals surface area contributed by atoms with Gasteiger partial charge in [-0.2, -0.15) is 0 Å². The van der Waals surface area contributed by atoms with Crippen molar-refractivity contribution in [2.45, 2.75) is 6.10 Å². The summed E-state index contributed by atoms with van der Waals surface area (Å²) in [5.41, 5.74) is 0.198. The minimum Gasteiger partial charge on any atom is -0.442 e. The van der Waals surface area contributed by atoms with Crippen molar-refractivity contribution in [3.63, 3.8) is 0 Å². The predicted molar refractivity (Wildman–Crippen MR) is 116 cm³/mol. The number of rotatable bonds is 6. The first-order valence-corrected chi connectivity index (χ1v) is 10.5. The summed E-state index contributed by atoms with van der Waals surface area (Å²) in [6.07, 6.45) is 2.13. The third-order valence-electron chi connectivity index (χ3n) is 5.25. The molecular weight excluding hydrogens is 454 g/mol. The number of hydrogen-bond donors (Lipinski definition) is 2. The van der Waals surface area contributed by atoms with Gasteiger partial charge in [-0.1, -0.05) is 0 Å². The van der Waals surface area contributed by atoms with Gasteiger partial charge in [0.1, 0.15) is 11.8 Å². The standard InChI is InChI=1S/C21H22F2N6O5/c22-17-8-15(28-12-16(11-25-13-30)34-21(28)32)9-18(23)19(17)27-4-5-29(33-7-6-27)20(31)26-14-2-1-3-24-10-14/h1-3,8-10,13,16H,4-7,11-12H2,(H,25,30)(H,26,31)/t16-/m0/s1. The molecular formula is C21H22F2N6O5. The Labute approximate surface area is 193 Å². The van der Waals surface area contributed by atoms with Crippen molar-refractivity contribution < 1.29 is 32.7 Å². The quantitative estimate of drug-likeness (QED) is 0.610. The summed E-state index contributed by atoms with van der Waals surface area (Å²) in [6, 6.07) is 4.90. The lowest BCUT2D eigenvalue weighted by Gasteiger charge is -2.24. The topological polar surface area (TPSA) is 116 Å². The second kappa shape index (κ2) is 10.3. The molecule has 0 bridgehead atoms. The number of nitrogens with zero attached hydrogens (tertiary/aromatic N) is 4. The van der Waals surface area contributed by atoms with Crippen LogP contribution in [0.4, 0.5) is 35.4 Å². The van der Waals surface area contributed by atoms with Gasteiger partial charge in [0.05, 0.1) is 43.8 Å². The molecule has 0 spiro atoms. The number of urea groups is 1. The molecule has 2 saturated heterocycles. The predicted octanol–water partition coefficient (Wildman–Crippen LogP) is 1.72. The number of nitrogens with one attached hydrogen (secondary N) is 2. The molecule has 0 saturated carbocycles. The van der Waals surface area contributed by atoms with Crippen molar-refractivity contribution in [3.05, 3.63) is 48.3 Å². The Morgan fingerprint density at radius 3 is 2.74 bits per heavy atom. The lowest BCUT2D eigenvalue weighted by molar-refractivity contribution is -0.109. The number of amides is 4. The van der Waals surface area contributed by atoms with E-state index in [1.54, 1.807) is 18.3 Å². The molecule has 0 radical (unpaired) electrons. The number of halogens is 2. The molecule has 2 aliphatic heterocycles. The fourth-order valence-electron chi connectivity index (χ4n) is 3.68. The summed E-state index contributed by atoms with van der Waals surface area (Å²) in [6.45, 7) is 0.444. The maximum atomic E-state index is 15.0. The van der Waals surface area contributed by atoms with Gasteiger partial charge in [-0.15, -0.1) is 0 Å². The van der Waals surface area contributed by atoms with Crippen molar-refractivity contribution in [2.75, 3.05) is 54.4 Å². The molecule has 2 aliphatic rings. The van der Waals surface area contributed by atoms with E-state index in [-0.39, 0.29) is 50.7 Å². The van der Waals surface area contributed by atoms with Crippen LogP contribution in [0, 0.1) is 11.6 Å². The third kappa shape index (κ3) is 5.14. The average molecular weight is 476 g/mol. The molecule has 1 aromatic carbocycles. The molecule has 4 amide bonds. The Kier molecular flexibility index (Phi) is 7.01. The van der Waals surface area contributed by atoms with Crippen LogP contribution < -0.4 is 20.4 Å². The van der Waals surface area contributed by atoms with Crippen molar-refractivity contribution in [2.24, 2.45) is 0 Å². The van der Waals surface area contributed by atoms with Gasteiger partial charge in [0, 0.05) is 31.4 Å². The summed E-state index contributed by atoms with van der Waals surface area (Å²) < 4.78 is 35.1. The summed E-state index contributed by atoms with van der Waals surface area (Å²) in [5, 5.41) is 6.13. The van der Waals surface area contributed by atoms with Crippen molar-refractivity contribution in [3.8, 4) is 0 Å². The average Bonchev–Trinajstić information content (AvgIpc) is 3.02. The Morgan fingerprint density at radius 1 is 1.24 bits per heavy atom. The largest absolute Gasteiger partial charge is 0.442 e. The van der Waals surface area contributed by atoms with Crippen LogP contribution in [0.1, 0.15) is 0 Å². The molecule has 11 nitrogen and oxygen atoms in total. The fourth-order valence-corrected chi connectivity index (χ4v) is 3.68. The maximum absolute atomic E-state index is 15.0. The highest BCUT2D eigenvalue weighted by Crippen LogP contribution is 2.31. The Balaban J connectivity index is 1.43. The number of hydroxylamine groups is 2. The van der Waals surface area contributed by atoms with E-state index >= 15 is 0 Å². The van der Waals surface area contributed by atoms with Crippen molar-refractivity contribution in [1.29, 1.82) is 0 Å². The van der Waals surface area contributed by atoms with Crippen LogP contribution in [0.15, 0.2) is 36.7 Å². The van der Waals surface area contributed by atoms with Gasteiger partial charge in [0.2, 0.25) is 6.41 Å². The second-order valence-corrected chi connectivity index (χ2v) is 7.49. The fraction of sp³-hybridized carbons (Fsp3) is 0.333. The zero-order valence-electron chi connectivity index (χ0n) is 17.9. The number of carbonyl (C=O) groups excluding carboxylic acids is 3. The molecule has 2 N–H and O–H groups in total. The van der Waals surface area contributed by atoms with Crippen LogP contribution in [0.25, 0.3) is 0 Å². The van der Waals surface area contributed by atoms with E-state index in [9.17, 15) is 23.2 Å². The van der Waals surface area contributed by atoms with E-state index in [1.807, 2.05) is 0 Å². The number of benzene rings is 1. The minimum absolute atomic E-state index is 0.000833. The highest BCUT2D eigenvalue weighted by atomic mass is 19.1. The Bertz CT molecular complexity index is 1040. The number of cyclic esters (lactones) is 1. The van der Waals surface area contributed by atoms with E-state index in [2.05, 4.69) is 15.6 Å². The van der Waals surface area contributed by atoms with E-state index < -0.39 is 29.9 Å². The highest BCUT2D eigenvalue weighted by molar-refractivity contribution is 5.90.